The van der Waals surface area contributed by atoms with E-state index in [1.54, 1.807) is 25.1 Å². The molecule has 6 heteroatoms. The molecule has 2 aromatic rings. The summed E-state index contributed by atoms with van der Waals surface area (Å²) in [6, 6.07) is 10.7. The average molecular weight is 273 g/mol. The maximum atomic E-state index is 10.7. The van der Waals surface area contributed by atoms with Crippen molar-refractivity contribution in [3.63, 3.8) is 0 Å². The molecule has 1 N–H and O–H groups in total. The molecule has 1 heterocycles. The van der Waals surface area contributed by atoms with Crippen LogP contribution in [0.4, 0.5) is 11.4 Å². The third-order valence-corrected chi connectivity index (χ3v) is 3.62. The van der Waals surface area contributed by atoms with Crippen molar-refractivity contribution in [2.45, 2.75) is 13.5 Å². The van der Waals surface area contributed by atoms with Gasteiger partial charge in [-0.25, -0.2) is 0 Å². The molecule has 0 radical (unpaired) electrons. The lowest BCUT2D eigenvalue weighted by Crippen LogP contribution is -1.99. The number of thiophene rings is 1. The van der Waals surface area contributed by atoms with E-state index in [1.807, 2.05) is 6.07 Å². The van der Waals surface area contributed by atoms with Crippen LogP contribution < -0.4 is 5.32 Å². The SMILES string of the molecule is Cc1cc(NCc2ccc(C#N)s2)ccc1[N+](=O)[O-]. The standard InChI is InChI=1S/C13H11N3O2S/c1-9-6-10(2-5-13(9)16(17)18)15-8-12-4-3-11(7-14)19-12/h2-6,15H,8H2,1H3. The van der Waals surface area contributed by atoms with Crippen LogP contribution in [0.15, 0.2) is 30.3 Å². The number of nitriles is 1. The number of nitro groups is 1. The summed E-state index contributed by atoms with van der Waals surface area (Å²) in [7, 11) is 0. The third kappa shape index (κ3) is 3.09. The van der Waals surface area contributed by atoms with Crippen LogP contribution in [0.2, 0.25) is 0 Å². The summed E-state index contributed by atoms with van der Waals surface area (Å²) in [5.41, 5.74) is 1.57. The van der Waals surface area contributed by atoms with Gasteiger partial charge in [-0.1, -0.05) is 0 Å². The molecule has 1 aromatic heterocycles. The van der Waals surface area contributed by atoms with Gasteiger partial charge in [0.05, 0.1) is 4.92 Å². The number of aryl methyl sites for hydroxylation is 1. The molecule has 0 saturated carbocycles. The number of nitrogens with one attached hydrogen (secondary N) is 1. The minimum absolute atomic E-state index is 0.119. The third-order valence-electron chi connectivity index (χ3n) is 2.63. The highest BCUT2D eigenvalue weighted by Gasteiger charge is 2.10. The lowest BCUT2D eigenvalue weighted by atomic mass is 10.2. The second-order valence-electron chi connectivity index (χ2n) is 3.99. The van der Waals surface area contributed by atoms with Crippen LogP contribution in [0, 0.1) is 28.4 Å². The van der Waals surface area contributed by atoms with Crippen LogP contribution in [0.1, 0.15) is 15.3 Å². The van der Waals surface area contributed by atoms with Crippen molar-refractivity contribution in [3.8, 4) is 6.07 Å². The van der Waals surface area contributed by atoms with E-state index in [-0.39, 0.29) is 5.69 Å². The molecule has 0 atom stereocenters. The highest BCUT2D eigenvalue weighted by atomic mass is 32.1. The van der Waals surface area contributed by atoms with Crippen molar-refractivity contribution in [1.29, 1.82) is 5.26 Å². The monoisotopic (exact) mass is 273 g/mol. The van der Waals surface area contributed by atoms with Crippen molar-refractivity contribution in [2.75, 3.05) is 5.32 Å². The second kappa shape index (κ2) is 5.50. The molecule has 0 saturated heterocycles. The molecule has 19 heavy (non-hydrogen) atoms. The summed E-state index contributed by atoms with van der Waals surface area (Å²) in [6.07, 6.45) is 0. The molecule has 5 nitrogen and oxygen atoms in total. The van der Waals surface area contributed by atoms with Gasteiger partial charge in [-0.15, -0.1) is 11.3 Å². The largest absolute Gasteiger partial charge is 0.380 e. The normalized spacial score (nSPS) is 9.89. The number of nitro benzene ring substituents is 1. The van der Waals surface area contributed by atoms with Gasteiger partial charge in [0, 0.05) is 28.7 Å². The first kappa shape index (κ1) is 13.1. The summed E-state index contributed by atoms with van der Waals surface area (Å²) in [4.78, 5) is 12.0. The molecular formula is C13H11N3O2S. The fraction of sp³-hybridized carbons (Fsp3) is 0.154. The van der Waals surface area contributed by atoms with Gasteiger partial charge < -0.3 is 5.32 Å². The molecule has 0 bridgehead atoms. The molecule has 0 aliphatic rings. The van der Waals surface area contributed by atoms with E-state index in [0.717, 1.165) is 10.6 Å². The van der Waals surface area contributed by atoms with Crippen LogP contribution in [0.5, 0.6) is 0 Å². The lowest BCUT2D eigenvalue weighted by Gasteiger charge is -2.06. The van der Waals surface area contributed by atoms with E-state index in [4.69, 9.17) is 5.26 Å². The van der Waals surface area contributed by atoms with E-state index in [2.05, 4.69) is 11.4 Å². The Morgan fingerprint density at radius 2 is 2.21 bits per heavy atom. The number of hydrogen-bond donors (Lipinski definition) is 1. The van der Waals surface area contributed by atoms with Gasteiger partial charge in [-0.3, -0.25) is 10.1 Å². The zero-order valence-electron chi connectivity index (χ0n) is 10.2. The Morgan fingerprint density at radius 3 is 2.79 bits per heavy atom. The zero-order chi connectivity index (χ0) is 13.8. The lowest BCUT2D eigenvalue weighted by molar-refractivity contribution is -0.385. The zero-order valence-corrected chi connectivity index (χ0v) is 11.0. The second-order valence-corrected chi connectivity index (χ2v) is 5.16. The Kier molecular flexibility index (Phi) is 3.78. The molecule has 0 fully saturated rings. The van der Waals surface area contributed by atoms with E-state index in [9.17, 15) is 10.1 Å². The minimum atomic E-state index is -0.391. The molecule has 0 amide bonds. The summed E-state index contributed by atoms with van der Waals surface area (Å²) < 4.78 is 0. The first-order valence-electron chi connectivity index (χ1n) is 5.58. The Balaban J connectivity index is 2.06. The number of nitrogens with zero attached hydrogens (tertiary/aromatic N) is 2. The van der Waals surface area contributed by atoms with Crippen molar-refractivity contribution < 1.29 is 4.92 Å². The van der Waals surface area contributed by atoms with Crippen molar-refractivity contribution in [1.82, 2.24) is 0 Å². The Morgan fingerprint density at radius 1 is 1.42 bits per heavy atom. The summed E-state index contributed by atoms with van der Waals surface area (Å²) in [5.74, 6) is 0. The van der Waals surface area contributed by atoms with Crippen LogP contribution in [0.3, 0.4) is 0 Å². The number of anilines is 1. The Labute approximate surface area is 114 Å². The first-order chi connectivity index (χ1) is 9.10. The molecular weight excluding hydrogens is 262 g/mol. The smallest absolute Gasteiger partial charge is 0.272 e. The van der Waals surface area contributed by atoms with Gasteiger partial charge >= 0.3 is 0 Å². The molecule has 0 aliphatic heterocycles. The highest BCUT2D eigenvalue weighted by molar-refractivity contribution is 7.12. The number of benzene rings is 1. The van der Waals surface area contributed by atoms with E-state index in [0.29, 0.717) is 17.0 Å². The average Bonchev–Trinajstić information content (AvgIpc) is 2.84. The molecule has 0 aliphatic carbocycles. The predicted octanol–water partition coefficient (Wildman–Crippen LogP) is 3.45. The van der Waals surface area contributed by atoms with Crippen LogP contribution in [-0.4, -0.2) is 4.92 Å². The fourth-order valence-electron chi connectivity index (χ4n) is 1.69. The van der Waals surface area contributed by atoms with E-state index in [1.165, 1.54) is 17.4 Å². The van der Waals surface area contributed by atoms with Crippen molar-refractivity contribution >= 4 is 22.7 Å². The molecule has 96 valence electrons. The summed E-state index contributed by atoms with van der Waals surface area (Å²) in [6.45, 7) is 2.31. The van der Waals surface area contributed by atoms with Crippen molar-refractivity contribution in [2.24, 2.45) is 0 Å². The maximum Gasteiger partial charge on any atom is 0.272 e. The van der Waals surface area contributed by atoms with Gasteiger partial charge in [0.15, 0.2) is 0 Å². The number of hydrogen-bond acceptors (Lipinski definition) is 5. The van der Waals surface area contributed by atoms with E-state index < -0.39 is 4.92 Å². The highest BCUT2D eigenvalue weighted by Crippen LogP contribution is 2.23. The van der Waals surface area contributed by atoms with Crippen LogP contribution in [-0.2, 0) is 6.54 Å². The maximum absolute atomic E-state index is 10.7. The quantitative estimate of drug-likeness (QED) is 0.683. The predicted molar refractivity (Wildman–Crippen MR) is 74.2 cm³/mol. The van der Waals surface area contributed by atoms with Crippen LogP contribution in [0.25, 0.3) is 0 Å². The molecule has 1 aromatic carbocycles. The van der Waals surface area contributed by atoms with Gasteiger partial charge in [0.1, 0.15) is 10.9 Å². The molecule has 0 unspecified atom stereocenters. The van der Waals surface area contributed by atoms with Gasteiger partial charge in [0.2, 0.25) is 0 Å². The first-order valence-corrected chi connectivity index (χ1v) is 6.39. The van der Waals surface area contributed by atoms with Gasteiger partial charge in [0.25, 0.3) is 5.69 Å². The molecule has 0 spiro atoms. The summed E-state index contributed by atoms with van der Waals surface area (Å²) in [5, 5.41) is 22.6. The molecule has 2 rings (SSSR count). The summed E-state index contributed by atoms with van der Waals surface area (Å²) >= 11 is 1.43. The van der Waals surface area contributed by atoms with Crippen molar-refractivity contribution in [3.05, 3.63) is 55.8 Å². The van der Waals surface area contributed by atoms with Crippen LogP contribution >= 0.6 is 11.3 Å². The number of rotatable bonds is 4. The van der Waals surface area contributed by atoms with Gasteiger partial charge in [-0.05, 0) is 31.2 Å². The van der Waals surface area contributed by atoms with Gasteiger partial charge in [-0.2, -0.15) is 5.26 Å². The Hall–Kier alpha value is -2.39. The fourth-order valence-corrected chi connectivity index (χ4v) is 2.44. The Bertz CT molecular complexity index is 658. The topological polar surface area (TPSA) is 79.0 Å². The minimum Gasteiger partial charge on any atom is -0.380 e. The van der Waals surface area contributed by atoms with E-state index >= 15 is 0 Å².